The van der Waals surface area contributed by atoms with Crippen LogP contribution in [0.5, 0.6) is 5.75 Å². The van der Waals surface area contributed by atoms with Crippen LogP contribution in [0.2, 0.25) is 0 Å². The molecule has 1 aliphatic rings. The molecule has 0 amide bonds. The Labute approximate surface area is 83.9 Å². The molecule has 14 heavy (non-hydrogen) atoms. The van der Waals surface area contributed by atoms with E-state index in [4.69, 9.17) is 5.73 Å². The zero-order chi connectivity index (χ0) is 9.97. The Morgan fingerprint density at radius 2 is 2.21 bits per heavy atom. The molecule has 1 heterocycles. The first kappa shape index (κ1) is 9.34. The summed E-state index contributed by atoms with van der Waals surface area (Å²) < 4.78 is 0. The van der Waals surface area contributed by atoms with Gasteiger partial charge in [0.25, 0.3) is 0 Å². The van der Waals surface area contributed by atoms with Gasteiger partial charge in [-0.1, -0.05) is 12.5 Å². The molecule has 1 aliphatic heterocycles. The van der Waals surface area contributed by atoms with Crippen molar-refractivity contribution in [2.75, 3.05) is 12.3 Å². The zero-order valence-corrected chi connectivity index (χ0v) is 8.16. The van der Waals surface area contributed by atoms with Crippen molar-refractivity contribution in [3.63, 3.8) is 0 Å². The second kappa shape index (κ2) is 3.88. The molecule has 0 radical (unpaired) electrons. The number of aromatic hydroxyl groups is 1. The fourth-order valence-corrected chi connectivity index (χ4v) is 1.93. The van der Waals surface area contributed by atoms with Crippen molar-refractivity contribution in [2.45, 2.75) is 25.3 Å². The first-order chi connectivity index (χ1) is 6.77. The van der Waals surface area contributed by atoms with Gasteiger partial charge in [-0.05, 0) is 37.1 Å². The van der Waals surface area contributed by atoms with Crippen LogP contribution in [-0.2, 0) is 0 Å². The van der Waals surface area contributed by atoms with Crippen molar-refractivity contribution < 1.29 is 5.11 Å². The Morgan fingerprint density at radius 3 is 2.86 bits per heavy atom. The molecule has 3 nitrogen and oxygen atoms in total. The third kappa shape index (κ3) is 1.82. The fraction of sp³-hybridized carbons (Fsp3) is 0.455. The highest BCUT2D eigenvalue weighted by molar-refractivity contribution is 5.53. The maximum absolute atomic E-state index is 9.30. The first-order valence-corrected chi connectivity index (χ1v) is 5.09. The van der Waals surface area contributed by atoms with E-state index in [0.29, 0.717) is 11.7 Å². The van der Waals surface area contributed by atoms with Gasteiger partial charge < -0.3 is 16.2 Å². The van der Waals surface area contributed by atoms with Gasteiger partial charge >= 0.3 is 0 Å². The van der Waals surface area contributed by atoms with Crippen LogP contribution >= 0.6 is 0 Å². The van der Waals surface area contributed by atoms with Crippen LogP contribution in [0.1, 0.15) is 30.9 Å². The van der Waals surface area contributed by atoms with Gasteiger partial charge in [0.1, 0.15) is 5.75 Å². The van der Waals surface area contributed by atoms with Gasteiger partial charge in [0.15, 0.2) is 0 Å². The molecule has 1 aromatic carbocycles. The lowest BCUT2D eigenvalue weighted by molar-refractivity contribution is 0.411. The lowest BCUT2D eigenvalue weighted by atomic mass is 9.97. The summed E-state index contributed by atoms with van der Waals surface area (Å²) in [6.45, 7) is 1.07. The van der Waals surface area contributed by atoms with Crippen LogP contribution < -0.4 is 11.1 Å². The van der Waals surface area contributed by atoms with Gasteiger partial charge in [-0.3, -0.25) is 0 Å². The summed E-state index contributed by atoms with van der Waals surface area (Å²) in [5, 5.41) is 12.7. The first-order valence-electron chi connectivity index (χ1n) is 5.09. The normalized spacial score (nSPS) is 22.1. The largest absolute Gasteiger partial charge is 0.506 e. The van der Waals surface area contributed by atoms with E-state index in [1.54, 1.807) is 6.07 Å². The van der Waals surface area contributed by atoms with Gasteiger partial charge in [0.05, 0.1) is 5.69 Å². The molecule has 3 heteroatoms. The molecular weight excluding hydrogens is 176 g/mol. The van der Waals surface area contributed by atoms with Crippen LogP contribution in [0, 0.1) is 0 Å². The number of hydrogen-bond acceptors (Lipinski definition) is 3. The van der Waals surface area contributed by atoms with E-state index >= 15 is 0 Å². The summed E-state index contributed by atoms with van der Waals surface area (Å²) in [6, 6.07) is 5.88. The van der Waals surface area contributed by atoms with Gasteiger partial charge in [-0.25, -0.2) is 0 Å². The van der Waals surface area contributed by atoms with Crippen molar-refractivity contribution in [2.24, 2.45) is 0 Å². The lowest BCUT2D eigenvalue weighted by Crippen LogP contribution is -2.26. The maximum Gasteiger partial charge on any atom is 0.138 e. The third-order valence-corrected chi connectivity index (χ3v) is 2.76. The Balaban J connectivity index is 2.18. The molecule has 1 fully saturated rings. The second-order valence-corrected chi connectivity index (χ2v) is 3.82. The fourth-order valence-electron chi connectivity index (χ4n) is 1.93. The smallest absolute Gasteiger partial charge is 0.138 e. The van der Waals surface area contributed by atoms with Crippen LogP contribution in [0.3, 0.4) is 0 Å². The van der Waals surface area contributed by atoms with Gasteiger partial charge in [-0.2, -0.15) is 0 Å². The third-order valence-electron chi connectivity index (χ3n) is 2.76. The van der Waals surface area contributed by atoms with E-state index < -0.39 is 0 Å². The summed E-state index contributed by atoms with van der Waals surface area (Å²) in [5.41, 5.74) is 7.30. The van der Waals surface area contributed by atoms with Crippen molar-refractivity contribution in [1.29, 1.82) is 0 Å². The number of benzene rings is 1. The van der Waals surface area contributed by atoms with E-state index in [9.17, 15) is 5.11 Å². The second-order valence-electron chi connectivity index (χ2n) is 3.82. The molecule has 1 saturated heterocycles. The van der Waals surface area contributed by atoms with Gasteiger partial charge in [0.2, 0.25) is 0 Å². The number of rotatable bonds is 1. The van der Waals surface area contributed by atoms with Crippen molar-refractivity contribution in [3.05, 3.63) is 23.8 Å². The molecule has 0 unspecified atom stereocenters. The molecule has 0 saturated carbocycles. The summed E-state index contributed by atoms with van der Waals surface area (Å²) in [5.74, 6) is 0.171. The van der Waals surface area contributed by atoms with Crippen molar-refractivity contribution >= 4 is 5.69 Å². The molecule has 76 valence electrons. The van der Waals surface area contributed by atoms with Gasteiger partial charge in [0, 0.05) is 6.04 Å². The van der Waals surface area contributed by atoms with Gasteiger partial charge in [-0.15, -0.1) is 0 Å². The number of nitrogens with one attached hydrogen (secondary N) is 1. The Kier molecular flexibility index (Phi) is 2.59. The predicted octanol–water partition coefficient (Wildman–Crippen LogP) is 1.79. The number of hydrogen-bond donors (Lipinski definition) is 3. The Hall–Kier alpha value is -1.22. The summed E-state index contributed by atoms with van der Waals surface area (Å²) in [6.07, 6.45) is 3.67. The molecule has 0 spiro atoms. The van der Waals surface area contributed by atoms with E-state index in [-0.39, 0.29) is 5.75 Å². The Bertz CT molecular complexity index is 319. The minimum absolute atomic E-state index is 0.171. The number of nitrogens with two attached hydrogens (primary N) is 1. The van der Waals surface area contributed by atoms with Crippen molar-refractivity contribution in [1.82, 2.24) is 5.32 Å². The number of anilines is 1. The minimum atomic E-state index is 0.171. The van der Waals surface area contributed by atoms with Crippen LogP contribution in [0.4, 0.5) is 5.69 Å². The zero-order valence-electron chi connectivity index (χ0n) is 8.16. The number of piperidine rings is 1. The molecule has 4 N–H and O–H groups in total. The molecular formula is C11H16N2O. The van der Waals surface area contributed by atoms with Crippen LogP contribution in [-0.4, -0.2) is 11.7 Å². The maximum atomic E-state index is 9.30. The number of phenolic OH excluding ortho intramolecular Hbond substituents is 1. The highest BCUT2D eigenvalue weighted by Crippen LogP contribution is 2.28. The van der Waals surface area contributed by atoms with Crippen LogP contribution in [0.15, 0.2) is 18.2 Å². The molecule has 1 atom stereocenters. The highest BCUT2D eigenvalue weighted by atomic mass is 16.3. The average Bonchev–Trinajstić information content (AvgIpc) is 2.23. The lowest BCUT2D eigenvalue weighted by Gasteiger charge is -2.24. The van der Waals surface area contributed by atoms with E-state index in [0.717, 1.165) is 13.0 Å². The van der Waals surface area contributed by atoms with Crippen LogP contribution in [0.25, 0.3) is 0 Å². The van der Waals surface area contributed by atoms with E-state index in [2.05, 4.69) is 5.32 Å². The highest BCUT2D eigenvalue weighted by Gasteiger charge is 2.14. The number of nitrogen functional groups attached to an aromatic ring is 1. The monoisotopic (exact) mass is 192 g/mol. The number of phenols is 1. The summed E-state index contributed by atoms with van der Waals surface area (Å²) in [4.78, 5) is 0. The molecule has 0 aliphatic carbocycles. The molecule has 1 aromatic rings. The quantitative estimate of drug-likeness (QED) is 0.469. The Morgan fingerprint density at radius 1 is 1.36 bits per heavy atom. The van der Waals surface area contributed by atoms with E-state index in [1.165, 1.54) is 18.4 Å². The van der Waals surface area contributed by atoms with E-state index in [1.807, 2.05) is 12.1 Å². The average molecular weight is 192 g/mol. The molecule has 2 rings (SSSR count). The SMILES string of the molecule is Nc1cc([C@@H]2CCCCN2)ccc1O. The molecule has 0 aromatic heterocycles. The predicted molar refractivity (Wildman–Crippen MR) is 57.1 cm³/mol. The summed E-state index contributed by atoms with van der Waals surface area (Å²) >= 11 is 0. The summed E-state index contributed by atoms with van der Waals surface area (Å²) in [7, 11) is 0. The standard InChI is InChI=1S/C11H16N2O/c12-9-7-8(4-5-11(9)14)10-3-1-2-6-13-10/h4-5,7,10,13-14H,1-3,6,12H2/t10-/m0/s1. The topological polar surface area (TPSA) is 58.3 Å². The minimum Gasteiger partial charge on any atom is -0.506 e. The van der Waals surface area contributed by atoms with Crippen molar-refractivity contribution in [3.8, 4) is 5.75 Å². The molecule has 0 bridgehead atoms.